The summed E-state index contributed by atoms with van der Waals surface area (Å²) in [6, 6.07) is 0.393. The molecule has 0 unspecified atom stereocenters. The normalized spacial score (nSPS) is 18.2. The second kappa shape index (κ2) is 6.17. The van der Waals surface area contributed by atoms with E-state index in [9.17, 15) is 34.8 Å². The van der Waals surface area contributed by atoms with Gasteiger partial charge < -0.3 is 0 Å². The second-order valence-electron chi connectivity index (χ2n) is 4.76. The first-order valence-corrected chi connectivity index (χ1v) is 8.89. The molecule has 0 aliphatic carbocycles. The molecule has 130 valence electrons. The number of thioether (sulfide) groups is 1. The van der Waals surface area contributed by atoms with Crippen molar-refractivity contribution in [2.45, 2.75) is 17.2 Å². The number of halogens is 6. The van der Waals surface area contributed by atoms with Crippen LogP contribution in [0.25, 0.3) is 0 Å². The predicted molar refractivity (Wildman–Crippen MR) is 72.5 cm³/mol. The Morgan fingerprint density at radius 2 is 1.30 bits per heavy atom. The summed E-state index contributed by atoms with van der Waals surface area (Å²) in [6.45, 7) is 0.0925. The highest BCUT2D eigenvalue weighted by Crippen LogP contribution is 2.37. The molecule has 3 nitrogen and oxygen atoms in total. The first-order chi connectivity index (χ1) is 10.4. The molecule has 23 heavy (non-hydrogen) atoms. The Bertz CT molecular complexity index is 646. The van der Waals surface area contributed by atoms with Crippen molar-refractivity contribution in [3.8, 4) is 0 Å². The van der Waals surface area contributed by atoms with Gasteiger partial charge in [-0.2, -0.15) is 42.4 Å². The summed E-state index contributed by atoms with van der Waals surface area (Å²) in [7, 11) is -4.41. The lowest BCUT2D eigenvalue weighted by Crippen LogP contribution is -2.38. The second-order valence-corrected chi connectivity index (χ2v) is 7.92. The Hall–Kier alpha value is -0.940. The average Bonchev–Trinajstić information content (AvgIpc) is 2.46. The first kappa shape index (κ1) is 18.4. The highest BCUT2D eigenvalue weighted by atomic mass is 32.2. The lowest BCUT2D eigenvalue weighted by atomic mass is 10.1. The van der Waals surface area contributed by atoms with Gasteiger partial charge in [0.1, 0.15) is 0 Å². The lowest BCUT2D eigenvalue weighted by molar-refractivity contribution is -0.143. The SMILES string of the molecule is O=S(=O)(c1cc(C(F)(F)F)cc(C(F)(F)F)c1)N1CCSCC1. The smallest absolute Gasteiger partial charge is 0.207 e. The van der Waals surface area contributed by atoms with E-state index in [4.69, 9.17) is 0 Å². The van der Waals surface area contributed by atoms with Crippen molar-refractivity contribution < 1.29 is 34.8 Å². The van der Waals surface area contributed by atoms with Gasteiger partial charge in [-0.25, -0.2) is 8.42 Å². The number of sulfonamides is 1. The molecule has 0 atom stereocenters. The predicted octanol–water partition coefficient (Wildman–Crippen LogP) is 3.46. The van der Waals surface area contributed by atoms with E-state index in [2.05, 4.69) is 0 Å². The average molecular weight is 379 g/mol. The summed E-state index contributed by atoms with van der Waals surface area (Å²) in [5.74, 6) is 0.870. The molecule has 0 N–H and O–H groups in total. The molecule has 0 bridgehead atoms. The maximum Gasteiger partial charge on any atom is 0.416 e. The van der Waals surface area contributed by atoms with Crippen LogP contribution in [0.1, 0.15) is 11.1 Å². The van der Waals surface area contributed by atoms with Crippen LogP contribution in [0.3, 0.4) is 0 Å². The minimum Gasteiger partial charge on any atom is -0.207 e. The van der Waals surface area contributed by atoms with Crippen LogP contribution in [0.4, 0.5) is 26.3 Å². The van der Waals surface area contributed by atoms with Gasteiger partial charge in [0.05, 0.1) is 16.0 Å². The number of nitrogens with zero attached hydrogens (tertiary/aromatic N) is 1. The molecule has 1 aliphatic heterocycles. The summed E-state index contributed by atoms with van der Waals surface area (Å²) in [6.07, 6.45) is -10.2. The zero-order chi connectivity index (χ0) is 17.5. The third-order valence-corrected chi connectivity index (χ3v) is 5.99. The van der Waals surface area contributed by atoms with E-state index in [1.165, 1.54) is 11.8 Å². The van der Waals surface area contributed by atoms with Gasteiger partial charge in [0.25, 0.3) is 0 Å². The van der Waals surface area contributed by atoms with E-state index in [0.717, 1.165) is 4.31 Å². The van der Waals surface area contributed by atoms with E-state index in [0.29, 0.717) is 11.5 Å². The molecule has 1 fully saturated rings. The van der Waals surface area contributed by atoms with E-state index < -0.39 is 38.4 Å². The number of hydrogen-bond donors (Lipinski definition) is 0. The molecular formula is C12H11F6NO2S2. The zero-order valence-corrected chi connectivity index (χ0v) is 13.0. The van der Waals surface area contributed by atoms with E-state index >= 15 is 0 Å². The zero-order valence-electron chi connectivity index (χ0n) is 11.4. The van der Waals surface area contributed by atoms with Crippen molar-refractivity contribution in [3.05, 3.63) is 29.3 Å². The Balaban J connectivity index is 2.57. The number of hydrogen-bond acceptors (Lipinski definition) is 3. The molecule has 0 amide bonds. The molecule has 1 saturated heterocycles. The largest absolute Gasteiger partial charge is 0.416 e. The fraction of sp³-hybridized carbons (Fsp3) is 0.500. The monoisotopic (exact) mass is 379 g/mol. The standard InChI is InChI=1S/C12H11F6NO2S2/c13-11(14,15)8-5-9(12(16,17)18)7-10(6-8)23(20,21)19-1-3-22-4-2-19/h5-7H,1-4H2. The summed E-state index contributed by atoms with van der Waals surface area (Å²) >= 11 is 1.46. The molecule has 0 aromatic heterocycles. The molecule has 1 aromatic rings. The van der Waals surface area contributed by atoms with Crippen LogP contribution in [0, 0.1) is 0 Å². The van der Waals surface area contributed by atoms with E-state index in [-0.39, 0.29) is 31.3 Å². The molecule has 1 aromatic carbocycles. The fourth-order valence-electron chi connectivity index (χ4n) is 2.01. The molecule has 1 heterocycles. The molecule has 0 radical (unpaired) electrons. The fourth-order valence-corrected chi connectivity index (χ4v) is 4.66. The minimum absolute atomic E-state index is 0.0462. The van der Waals surface area contributed by atoms with Crippen molar-refractivity contribution in [1.82, 2.24) is 4.31 Å². The maximum absolute atomic E-state index is 12.8. The van der Waals surface area contributed by atoms with Crippen LogP contribution in [0.15, 0.2) is 23.1 Å². The Morgan fingerprint density at radius 1 is 0.870 bits per heavy atom. The number of rotatable bonds is 2. The maximum atomic E-state index is 12.8. The number of benzene rings is 1. The number of alkyl halides is 6. The van der Waals surface area contributed by atoms with Crippen LogP contribution in [0.5, 0.6) is 0 Å². The first-order valence-electron chi connectivity index (χ1n) is 6.30. The lowest BCUT2D eigenvalue weighted by Gasteiger charge is -2.26. The quantitative estimate of drug-likeness (QED) is 0.739. The van der Waals surface area contributed by atoms with E-state index in [1.807, 2.05) is 0 Å². The van der Waals surface area contributed by atoms with Crippen molar-refractivity contribution in [2.75, 3.05) is 24.6 Å². The van der Waals surface area contributed by atoms with Gasteiger partial charge in [-0.15, -0.1) is 0 Å². The Labute approximate surface area is 132 Å². The third kappa shape index (κ3) is 4.13. The van der Waals surface area contributed by atoms with Gasteiger partial charge in [0, 0.05) is 24.6 Å². The van der Waals surface area contributed by atoms with Crippen LogP contribution >= 0.6 is 11.8 Å². The topological polar surface area (TPSA) is 37.4 Å². The summed E-state index contributed by atoms with van der Waals surface area (Å²) < 4.78 is 102. The van der Waals surface area contributed by atoms with Gasteiger partial charge in [0.15, 0.2) is 0 Å². The van der Waals surface area contributed by atoms with Crippen molar-refractivity contribution >= 4 is 21.8 Å². The summed E-state index contributed by atoms with van der Waals surface area (Å²) in [5, 5.41) is 0. The minimum atomic E-state index is -5.08. The van der Waals surface area contributed by atoms with Gasteiger partial charge in [0.2, 0.25) is 10.0 Å². The highest BCUT2D eigenvalue weighted by Gasteiger charge is 2.39. The van der Waals surface area contributed by atoms with Crippen LogP contribution in [-0.2, 0) is 22.4 Å². The molecule has 0 saturated carbocycles. The van der Waals surface area contributed by atoms with Gasteiger partial charge in [-0.05, 0) is 18.2 Å². The molecule has 1 aliphatic rings. The summed E-state index contributed by atoms with van der Waals surface area (Å²) in [5.41, 5.74) is -3.28. The van der Waals surface area contributed by atoms with Crippen molar-refractivity contribution in [3.63, 3.8) is 0 Å². The van der Waals surface area contributed by atoms with Crippen LogP contribution in [-0.4, -0.2) is 37.3 Å². The van der Waals surface area contributed by atoms with Gasteiger partial charge in [-0.1, -0.05) is 0 Å². The molecule has 2 rings (SSSR count). The highest BCUT2D eigenvalue weighted by molar-refractivity contribution is 7.99. The van der Waals surface area contributed by atoms with Crippen molar-refractivity contribution in [1.29, 1.82) is 0 Å². The van der Waals surface area contributed by atoms with Crippen molar-refractivity contribution in [2.24, 2.45) is 0 Å². The van der Waals surface area contributed by atoms with Crippen LogP contribution < -0.4 is 0 Å². The molecule has 11 heteroatoms. The van der Waals surface area contributed by atoms with E-state index in [1.54, 1.807) is 0 Å². The Kier molecular flexibility index (Phi) is 4.94. The Morgan fingerprint density at radius 3 is 1.70 bits per heavy atom. The van der Waals surface area contributed by atoms with Gasteiger partial charge >= 0.3 is 12.4 Å². The summed E-state index contributed by atoms with van der Waals surface area (Å²) in [4.78, 5) is -0.994. The third-order valence-electron chi connectivity index (χ3n) is 3.17. The van der Waals surface area contributed by atoms with Crippen LogP contribution in [0.2, 0.25) is 0 Å². The molecule has 0 spiro atoms. The van der Waals surface area contributed by atoms with Gasteiger partial charge in [-0.3, -0.25) is 0 Å². The molecular weight excluding hydrogens is 368 g/mol.